The van der Waals surface area contributed by atoms with Crippen LogP contribution in [0.1, 0.15) is 0 Å². The van der Waals surface area contributed by atoms with E-state index >= 15 is 0 Å². The van der Waals surface area contributed by atoms with Crippen molar-refractivity contribution in [3.05, 3.63) is 0 Å². The minimum Gasteiger partial charge on any atom is -0.450 e. The summed E-state index contributed by atoms with van der Waals surface area (Å²) in [6, 6.07) is 0. The van der Waals surface area contributed by atoms with Crippen molar-refractivity contribution < 1.29 is 14.6 Å². The van der Waals surface area contributed by atoms with Crippen LogP contribution in [0, 0.1) is 0 Å². The average Bonchev–Trinajstić information content (AvgIpc) is 2.33. The Hall–Kier alpha value is -1.15. The van der Waals surface area contributed by atoms with Crippen molar-refractivity contribution in [1.82, 2.24) is 5.32 Å². The van der Waals surface area contributed by atoms with Crippen LogP contribution in [0.3, 0.4) is 0 Å². The van der Waals surface area contributed by atoms with Gasteiger partial charge in [-0.05, 0) is 0 Å². The van der Waals surface area contributed by atoms with Crippen LogP contribution in [0.4, 0.5) is 4.79 Å². The second-order valence-electron chi connectivity index (χ2n) is 2.28. The third-order valence-corrected chi connectivity index (χ3v) is 2.30. The fraction of sp³-hybridized carbons (Fsp3) is 0.600. The maximum atomic E-state index is 10.1. The van der Waals surface area contributed by atoms with Crippen LogP contribution in [0.2, 0.25) is 0 Å². The molecule has 0 spiro atoms. The molecule has 1 fully saturated rings. The lowest BCUT2D eigenvalue weighted by atomic mass is 10.6. The van der Waals surface area contributed by atoms with E-state index in [1.165, 1.54) is 11.8 Å². The summed E-state index contributed by atoms with van der Waals surface area (Å²) in [6.45, 7) is 0. The summed E-state index contributed by atoms with van der Waals surface area (Å²) in [5.74, 6) is 0.453. The molecule has 1 aliphatic rings. The van der Waals surface area contributed by atoms with Crippen LogP contribution in [-0.4, -0.2) is 34.7 Å². The second-order valence-corrected chi connectivity index (χ2v) is 3.39. The highest BCUT2D eigenvalue weighted by Gasteiger charge is 2.26. The van der Waals surface area contributed by atoms with Crippen LogP contribution in [-0.2, 0) is 4.74 Å². The SMILES string of the molecule is NC(N)=N[C@H]1NC(OC(=O)O)CS1. The van der Waals surface area contributed by atoms with Gasteiger partial charge in [0.25, 0.3) is 0 Å². The molecule has 1 rings (SSSR count). The average molecular weight is 206 g/mol. The molecule has 1 aliphatic heterocycles. The van der Waals surface area contributed by atoms with Gasteiger partial charge in [0.1, 0.15) is 0 Å². The Bertz CT molecular complexity index is 230. The monoisotopic (exact) mass is 206 g/mol. The molecular formula is C5H10N4O3S. The van der Waals surface area contributed by atoms with Gasteiger partial charge in [0.15, 0.2) is 17.7 Å². The first-order chi connectivity index (χ1) is 6.08. The quantitative estimate of drug-likeness (QED) is 0.257. The molecule has 13 heavy (non-hydrogen) atoms. The Morgan fingerprint density at radius 1 is 1.69 bits per heavy atom. The minimum atomic E-state index is -1.32. The van der Waals surface area contributed by atoms with Crippen molar-refractivity contribution in [2.45, 2.75) is 11.7 Å². The van der Waals surface area contributed by atoms with Gasteiger partial charge in [0, 0.05) is 5.75 Å². The van der Waals surface area contributed by atoms with Gasteiger partial charge in [0.05, 0.1) is 0 Å². The molecule has 0 aromatic heterocycles. The molecule has 0 aliphatic carbocycles. The number of rotatable bonds is 2. The van der Waals surface area contributed by atoms with Gasteiger partial charge < -0.3 is 21.3 Å². The molecular weight excluding hydrogens is 196 g/mol. The first-order valence-electron chi connectivity index (χ1n) is 3.44. The molecule has 0 radical (unpaired) electrons. The Morgan fingerprint density at radius 2 is 2.38 bits per heavy atom. The number of guanidine groups is 1. The largest absolute Gasteiger partial charge is 0.507 e. The van der Waals surface area contributed by atoms with E-state index in [-0.39, 0.29) is 11.5 Å². The van der Waals surface area contributed by atoms with Gasteiger partial charge in [-0.25, -0.2) is 9.79 Å². The number of ether oxygens (including phenoxy) is 1. The molecule has 1 saturated heterocycles. The lowest BCUT2D eigenvalue weighted by Gasteiger charge is -2.08. The topological polar surface area (TPSA) is 123 Å². The first kappa shape index (κ1) is 9.93. The van der Waals surface area contributed by atoms with E-state index in [2.05, 4.69) is 15.0 Å². The molecule has 0 aromatic rings. The van der Waals surface area contributed by atoms with Crippen LogP contribution in [0.15, 0.2) is 4.99 Å². The number of carbonyl (C=O) groups is 1. The summed E-state index contributed by atoms with van der Waals surface area (Å²) in [7, 11) is 0. The van der Waals surface area contributed by atoms with Gasteiger partial charge in [-0.1, -0.05) is 0 Å². The number of nitrogens with two attached hydrogens (primary N) is 2. The molecule has 0 bridgehead atoms. The van der Waals surface area contributed by atoms with Gasteiger partial charge in [-0.2, -0.15) is 0 Å². The van der Waals surface area contributed by atoms with E-state index in [1.54, 1.807) is 0 Å². The predicted molar refractivity (Wildman–Crippen MR) is 48.1 cm³/mol. The smallest absolute Gasteiger partial charge is 0.450 e. The summed E-state index contributed by atoms with van der Waals surface area (Å²) in [5.41, 5.74) is 9.95. The predicted octanol–water partition coefficient (Wildman–Crippen LogP) is -1.10. The van der Waals surface area contributed by atoms with Crippen molar-refractivity contribution in [2.75, 3.05) is 5.75 Å². The Kier molecular flexibility index (Phi) is 3.20. The Labute approximate surface area is 78.5 Å². The number of hydrogen-bond donors (Lipinski definition) is 4. The third-order valence-electron chi connectivity index (χ3n) is 1.24. The van der Waals surface area contributed by atoms with Crippen molar-refractivity contribution in [1.29, 1.82) is 0 Å². The van der Waals surface area contributed by atoms with Crippen LogP contribution in [0.5, 0.6) is 0 Å². The molecule has 8 heteroatoms. The van der Waals surface area contributed by atoms with Crippen molar-refractivity contribution >= 4 is 23.9 Å². The van der Waals surface area contributed by atoms with E-state index in [9.17, 15) is 4.79 Å². The van der Waals surface area contributed by atoms with E-state index in [4.69, 9.17) is 16.6 Å². The third kappa shape index (κ3) is 3.38. The molecule has 2 atom stereocenters. The molecule has 74 valence electrons. The normalized spacial score (nSPS) is 26.8. The number of thioether (sulfide) groups is 1. The summed E-state index contributed by atoms with van der Waals surface area (Å²) in [5, 5.41) is 11.1. The van der Waals surface area contributed by atoms with Crippen LogP contribution < -0.4 is 16.8 Å². The summed E-state index contributed by atoms with van der Waals surface area (Å²) in [6.07, 6.45) is -1.86. The van der Waals surface area contributed by atoms with Gasteiger partial charge in [-0.15, -0.1) is 11.8 Å². The Morgan fingerprint density at radius 3 is 2.92 bits per heavy atom. The fourth-order valence-electron chi connectivity index (χ4n) is 0.833. The number of carboxylic acid groups (broad SMARTS) is 1. The maximum Gasteiger partial charge on any atom is 0.507 e. The Balaban J connectivity index is 2.36. The molecule has 6 N–H and O–H groups in total. The first-order valence-corrected chi connectivity index (χ1v) is 4.49. The zero-order valence-corrected chi connectivity index (χ0v) is 7.45. The summed E-state index contributed by atoms with van der Waals surface area (Å²) in [4.78, 5) is 13.9. The van der Waals surface area contributed by atoms with E-state index in [0.29, 0.717) is 5.75 Å². The number of nitrogens with zero attached hydrogens (tertiary/aromatic N) is 1. The van der Waals surface area contributed by atoms with Gasteiger partial charge >= 0.3 is 6.16 Å². The van der Waals surface area contributed by atoms with E-state index in [1.807, 2.05) is 0 Å². The van der Waals surface area contributed by atoms with Crippen molar-refractivity contribution in [3.8, 4) is 0 Å². The fourth-order valence-corrected chi connectivity index (χ4v) is 1.80. The highest BCUT2D eigenvalue weighted by molar-refractivity contribution is 8.00. The highest BCUT2D eigenvalue weighted by Crippen LogP contribution is 2.19. The summed E-state index contributed by atoms with van der Waals surface area (Å²) >= 11 is 1.37. The van der Waals surface area contributed by atoms with Crippen molar-refractivity contribution in [3.63, 3.8) is 0 Å². The number of aliphatic imine (C=N–C) groups is 1. The maximum absolute atomic E-state index is 10.1. The lowest BCUT2D eigenvalue weighted by Crippen LogP contribution is -2.35. The molecule has 1 heterocycles. The van der Waals surface area contributed by atoms with Crippen LogP contribution in [0.25, 0.3) is 0 Å². The summed E-state index contributed by atoms with van der Waals surface area (Å²) < 4.78 is 4.46. The lowest BCUT2D eigenvalue weighted by molar-refractivity contribution is 0.0499. The van der Waals surface area contributed by atoms with Gasteiger partial charge in [-0.3, -0.25) is 5.32 Å². The molecule has 1 unspecified atom stereocenters. The van der Waals surface area contributed by atoms with E-state index < -0.39 is 12.4 Å². The zero-order chi connectivity index (χ0) is 9.84. The second kappa shape index (κ2) is 4.19. The molecule has 0 amide bonds. The number of nitrogens with one attached hydrogen (secondary N) is 1. The highest BCUT2D eigenvalue weighted by atomic mass is 32.2. The van der Waals surface area contributed by atoms with Crippen molar-refractivity contribution in [2.24, 2.45) is 16.5 Å². The zero-order valence-electron chi connectivity index (χ0n) is 6.64. The number of hydrogen-bond acceptors (Lipinski definition) is 5. The van der Waals surface area contributed by atoms with Gasteiger partial charge in [0.2, 0.25) is 0 Å². The minimum absolute atomic E-state index is 0.0408. The van der Waals surface area contributed by atoms with Crippen LogP contribution >= 0.6 is 11.8 Å². The standard InChI is InChI=1S/C5H10N4O3S/c6-3(7)9-4-8-2(1-13-4)12-5(10)11/h2,4,8H,1H2,(H,10,11)(H4,6,7,9)/t2?,4-/m1/s1. The molecule has 0 aromatic carbocycles. The van der Waals surface area contributed by atoms with E-state index in [0.717, 1.165) is 0 Å². The molecule has 7 nitrogen and oxygen atoms in total. The molecule has 0 saturated carbocycles.